The smallest absolute Gasteiger partial charge is 0.168 e. The van der Waals surface area contributed by atoms with Crippen molar-refractivity contribution < 1.29 is 14.2 Å². The lowest BCUT2D eigenvalue weighted by atomic mass is 9.99. The second-order valence-electron chi connectivity index (χ2n) is 7.73. The van der Waals surface area contributed by atoms with Crippen LogP contribution < -0.4 is 0 Å². The van der Waals surface area contributed by atoms with E-state index in [0.29, 0.717) is 17.0 Å². The third-order valence-electron chi connectivity index (χ3n) is 5.71. The molecule has 0 amide bonds. The lowest BCUT2D eigenvalue weighted by molar-refractivity contribution is -0.0273. The zero-order valence-electron chi connectivity index (χ0n) is 16.5. The molecular weight excluding hydrogens is 357 g/mol. The Hall–Kier alpha value is -2.44. The molecule has 0 spiro atoms. The zero-order valence-corrected chi connectivity index (χ0v) is 16.5. The SMILES string of the molecule is Cc1cc(C(OC2CCN(C)CC2)c2nc3ccccc3[nH]2)c(O)c(F)c1C. The number of benzene rings is 2. The number of fused-ring (bicyclic) bond motifs is 1. The summed E-state index contributed by atoms with van der Waals surface area (Å²) in [6, 6.07) is 9.53. The van der Waals surface area contributed by atoms with Gasteiger partial charge in [-0.1, -0.05) is 12.1 Å². The molecule has 3 aromatic rings. The maximum Gasteiger partial charge on any atom is 0.168 e. The van der Waals surface area contributed by atoms with Crippen LogP contribution in [-0.2, 0) is 4.74 Å². The second-order valence-corrected chi connectivity index (χ2v) is 7.73. The van der Waals surface area contributed by atoms with Crippen LogP contribution in [0.3, 0.4) is 0 Å². The summed E-state index contributed by atoms with van der Waals surface area (Å²) in [4.78, 5) is 10.2. The van der Waals surface area contributed by atoms with Gasteiger partial charge in [0, 0.05) is 18.7 Å². The van der Waals surface area contributed by atoms with Gasteiger partial charge in [-0.3, -0.25) is 0 Å². The summed E-state index contributed by atoms with van der Waals surface area (Å²) in [5, 5.41) is 10.6. The fraction of sp³-hybridized carbons (Fsp3) is 0.409. The van der Waals surface area contributed by atoms with Crippen LogP contribution in [0, 0.1) is 19.7 Å². The molecule has 5 nitrogen and oxygen atoms in total. The number of halogens is 1. The Morgan fingerprint density at radius 2 is 1.96 bits per heavy atom. The van der Waals surface area contributed by atoms with E-state index >= 15 is 0 Å². The van der Waals surface area contributed by atoms with Crippen molar-refractivity contribution in [3.8, 4) is 5.75 Å². The number of aromatic nitrogens is 2. The lowest BCUT2D eigenvalue weighted by Gasteiger charge is -2.31. The van der Waals surface area contributed by atoms with E-state index in [4.69, 9.17) is 4.74 Å². The maximum absolute atomic E-state index is 14.6. The number of nitrogens with one attached hydrogen (secondary N) is 1. The van der Waals surface area contributed by atoms with Gasteiger partial charge in [0.25, 0.3) is 0 Å². The Labute approximate surface area is 164 Å². The number of nitrogens with zero attached hydrogens (tertiary/aromatic N) is 2. The van der Waals surface area contributed by atoms with Gasteiger partial charge >= 0.3 is 0 Å². The number of aromatic amines is 1. The normalized spacial score (nSPS) is 17.3. The molecule has 4 rings (SSSR count). The van der Waals surface area contributed by atoms with E-state index in [9.17, 15) is 9.50 Å². The monoisotopic (exact) mass is 383 g/mol. The molecule has 1 aliphatic heterocycles. The van der Waals surface area contributed by atoms with Crippen LogP contribution >= 0.6 is 0 Å². The summed E-state index contributed by atoms with van der Waals surface area (Å²) in [6.07, 6.45) is 1.15. The summed E-state index contributed by atoms with van der Waals surface area (Å²) in [7, 11) is 2.09. The van der Waals surface area contributed by atoms with Crippen LogP contribution in [-0.4, -0.2) is 46.2 Å². The largest absolute Gasteiger partial charge is 0.505 e. The highest BCUT2D eigenvalue weighted by Gasteiger charge is 2.29. The molecule has 1 aliphatic rings. The van der Waals surface area contributed by atoms with E-state index in [0.717, 1.165) is 42.5 Å². The fourth-order valence-corrected chi connectivity index (χ4v) is 3.78. The average Bonchev–Trinajstić information content (AvgIpc) is 3.13. The Morgan fingerprint density at radius 1 is 1.25 bits per heavy atom. The number of phenols is 1. The van der Waals surface area contributed by atoms with Gasteiger partial charge in [0.2, 0.25) is 0 Å². The molecule has 1 saturated heterocycles. The Morgan fingerprint density at radius 3 is 2.68 bits per heavy atom. The Balaban J connectivity index is 1.77. The number of hydrogen-bond donors (Lipinski definition) is 2. The number of phenolic OH excluding ortho intramolecular Hbond substituents is 1. The second kappa shape index (κ2) is 7.53. The first-order valence-corrected chi connectivity index (χ1v) is 9.71. The van der Waals surface area contributed by atoms with Crippen molar-refractivity contribution in [3.05, 3.63) is 58.7 Å². The summed E-state index contributed by atoms with van der Waals surface area (Å²) in [6.45, 7) is 5.41. The number of aryl methyl sites for hydroxylation is 1. The third-order valence-corrected chi connectivity index (χ3v) is 5.71. The van der Waals surface area contributed by atoms with Gasteiger partial charge in [-0.25, -0.2) is 9.37 Å². The summed E-state index contributed by atoms with van der Waals surface area (Å²) < 4.78 is 21.0. The van der Waals surface area contributed by atoms with Gasteiger partial charge in [-0.2, -0.15) is 0 Å². The molecule has 1 aromatic heterocycles. The molecule has 2 aromatic carbocycles. The zero-order chi connectivity index (χ0) is 19.8. The number of rotatable bonds is 4. The Bertz CT molecular complexity index is 960. The molecular formula is C22H26FN3O2. The summed E-state index contributed by atoms with van der Waals surface area (Å²) in [5.74, 6) is -0.373. The van der Waals surface area contributed by atoms with Gasteiger partial charge in [-0.15, -0.1) is 0 Å². The molecule has 2 heterocycles. The Kier molecular flexibility index (Phi) is 5.08. The summed E-state index contributed by atoms with van der Waals surface area (Å²) >= 11 is 0. The highest BCUT2D eigenvalue weighted by Crippen LogP contribution is 2.38. The van der Waals surface area contributed by atoms with Gasteiger partial charge in [0.05, 0.1) is 17.1 Å². The number of imidazole rings is 1. The third kappa shape index (κ3) is 3.50. The van der Waals surface area contributed by atoms with Crippen LogP contribution in [0.1, 0.15) is 41.5 Å². The van der Waals surface area contributed by atoms with E-state index in [1.54, 1.807) is 13.0 Å². The number of para-hydroxylation sites is 2. The van der Waals surface area contributed by atoms with E-state index in [2.05, 4.69) is 21.9 Å². The van der Waals surface area contributed by atoms with E-state index in [1.807, 2.05) is 31.2 Å². The molecule has 1 fully saturated rings. The number of hydrogen-bond acceptors (Lipinski definition) is 4. The molecule has 0 bridgehead atoms. The van der Waals surface area contributed by atoms with E-state index in [1.165, 1.54) is 0 Å². The highest BCUT2D eigenvalue weighted by molar-refractivity contribution is 5.75. The highest BCUT2D eigenvalue weighted by atomic mass is 19.1. The average molecular weight is 383 g/mol. The van der Waals surface area contributed by atoms with E-state index in [-0.39, 0.29) is 11.9 Å². The standard InChI is InChI=1S/C22H26FN3O2/c1-13-12-16(20(27)19(23)14(13)2)21(28-15-8-10-26(3)11-9-15)22-24-17-6-4-5-7-18(17)25-22/h4-7,12,15,21,27H,8-11H2,1-3H3,(H,24,25). The fourth-order valence-electron chi connectivity index (χ4n) is 3.78. The van der Waals surface area contributed by atoms with Crippen molar-refractivity contribution in [2.24, 2.45) is 0 Å². The first-order chi connectivity index (χ1) is 13.4. The molecule has 0 saturated carbocycles. The van der Waals surface area contributed by atoms with Crippen molar-refractivity contribution in [2.45, 2.75) is 38.9 Å². The van der Waals surface area contributed by atoms with Gasteiger partial charge in [-0.05, 0) is 63.1 Å². The van der Waals surface area contributed by atoms with Gasteiger partial charge in [0.15, 0.2) is 11.6 Å². The van der Waals surface area contributed by atoms with Crippen molar-refractivity contribution in [3.63, 3.8) is 0 Å². The molecule has 28 heavy (non-hydrogen) atoms. The predicted octanol–water partition coefficient (Wildman–Crippen LogP) is 4.22. The van der Waals surface area contributed by atoms with Crippen molar-refractivity contribution in [2.75, 3.05) is 20.1 Å². The van der Waals surface area contributed by atoms with Gasteiger partial charge < -0.3 is 19.7 Å². The molecule has 1 atom stereocenters. The molecule has 1 unspecified atom stereocenters. The topological polar surface area (TPSA) is 61.4 Å². The number of aromatic hydroxyl groups is 1. The first kappa shape index (κ1) is 18.9. The number of H-pyrrole nitrogens is 1. The van der Waals surface area contributed by atoms with E-state index < -0.39 is 11.9 Å². The van der Waals surface area contributed by atoms with Crippen molar-refractivity contribution >= 4 is 11.0 Å². The minimum atomic E-state index is -0.658. The number of likely N-dealkylation sites (tertiary alicyclic amines) is 1. The minimum Gasteiger partial charge on any atom is -0.505 e. The minimum absolute atomic E-state index is 0.0264. The van der Waals surface area contributed by atoms with Crippen LogP contribution in [0.25, 0.3) is 11.0 Å². The van der Waals surface area contributed by atoms with Crippen LogP contribution in [0.5, 0.6) is 5.75 Å². The quantitative estimate of drug-likeness (QED) is 0.708. The maximum atomic E-state index is 14.6. The molecule has 0 aliphatic carbocycles. The van der Waals surface area contributed by atoms with Gasteiger partial charge in [0.1, 0.15) is 11.9 Å². The first-order valence-electron chi connectivity index (χ1n) is 9.71. The number of piperidine rings is 1. The number of ether oxygens (including phenoxy) is 1. The molecule has 2 N–H and O–H groups in total. The van der Waals surface area contributed by atoms with Crippen molar-refractivity contribution in [1.82, 2.24) is 14.9 Å². The predicted molar refractivity (Wildman–Crippen MR) is 107 cm³/mol. The van der Waals surface area contributed by atoms with Crippen LogP contribution in [0.15, 0.2) is 30.3 Å². The molecule has 148 valence electrons. The van der Waals surface area contributed by atoms with Crippen molar-refractivity contribution in [1.29, 1.82) is 0 Å². The molecule has 6 heteroatoms. The molecule has 0 radical (unpaired) electrons. The lowest BCUT2D eigenvalue weighted by Crippen LogP contribution is -2.35. The van der Waals surface area contributed by atoms with Crippen LogP contribution in [0.4, 0.5) is 4.39 Å². The summed E-state index contributed by atoms with van der Waals surface area (Å²) in [5.41, 5.74) is 3.34. The van der Waals surface area contributed by atoms with Crippen LogP contribution in [0.2, 0.25) is 0 Å².